The van der Waals surface area contributed by atoms with Gasteiger partial charge in [0.2, 0.25) is 0 Å². The topological polar surface area (TPSA) is 70.5 Å². The summed E-state index contributed by atoms with van der Waals surface area (Å²) in [4.78, 5) is 0. The zero-order valence-electron chi connectivity index (χ0n) is 28.8. The first-order valence-corrected chi connectivity index (χ1v) is 17.4. The molecule has 0 spiro atoms. The Labute approximate surface area is 290 Å². The molecule has 7 rings (SSSR count). The molecule has 1 aliphatic carbocycles. The highest BCUT2D eigenvalue weighted by molar-refractivity contribution is 5.86. The lowest BCUT2D eigenvalue weighted by Gasteiger charge is -2.34. The number of nitrogen functional groups attached to an aromatic ring is 2. The van der Waals surface area contributed by atoms with Crippen molar-refractivity contribution in [1.82, 2.24) is 0 Å². The van der Waals surface area contributed by atoms with Crippen LogP contribution in [0.5, 0.6) is 23.0 Å². The standard InChI is InChI=1S/C45H44N2O2/c1-5-11-31-23-35(46)27-37(25-31)48-43-19-17-33(21-29(43)3)45(41-15-9-7-13-39(41)40-14-8-10-16-42(40)45)34-18-20-44(30(4)22-34)49-38-26-32(12-6-2)24-36(47)28-38/h7-10,13-28H,5-6,11-12,46-47H2,1-4H3. The SMILES string of the molecule is CCCc1cc(N)cc(Oc2ccc(C3(c4ccc(Oc5cc(N)cc(CCC)c5)c(C)c4)c4ccccc4-c4ccccc43)cc2C)c1. The van der Waals surface area contributed by atoms with Crippen LogP contribution in [-0.4, -0.2) is 0 Å². The number of nitrogens with two attached hydrogens (primary N) is 2. The maximum atomic E-state index is 6.49. The van der Waals surface area contributed by atoms with E-state index in [4.69, 9.17) is 20.9 Å². The fourth-order valence-electron chi connectivity index (χ4n) is 7.63. The molecule has 6 aromatic rings. The summed E-state index contributed by atoms with van der Waals surface area (Å²) in [6, 6.07) is 42.9. The Morgan fingerprint density at radius 3 is 1.35 bits per heavy atom. The van der Waals surface area contributed by atoms with Gasteiger partial charge in [-0.2, -0.15) is 0 Å². The number of hydrogen-bond acceptors (Lipinski definition) is 4. The molecule has 1 aliphatic rings. The largest absolute Gasteiger partial charge is 0.457 e. The molecule has 0 amide bonds. The van der Waals surface area contributed by atoms with Crippen molar-refractivity contribution in [2.24, 2.45) is 0 Å². The Hall–Kier alpha value is -5.48. The summed E-state index contributed by atoms with van der Waals surface area (Å²) in [6.45, 7) is 8.59. The van der Waals surface area contributed by atoms with Crippen molar-refractivity contribution in [1.29, 1.82) is 0 Å². The highest BCUT2D eigenvalue weighted by Crippen LogP contribution is 2.56. The third-order valence-corrected chi connectivity index (χ3v) is 9.68. The molecule has 0 saturated heterocycles. The van der Waals surface area contributed by atoms with Crippen molar-refractivity contribution in [2.45, 2.75) is 58.8 Å². The molecule has 4 N–H and O–H groups in total. The molecule has 49 heavy (non-hydrogen) atoms. The predicted octanol–water partition coefficient (Wildman–Crippen LogP) is 11.3. The summed E-state index contributed by atoms with van der Waals surface area (Å²) in [5, 5.41) is 0. The predicted molar refractivity (Wildman–Crippen MR) is 203 cm³/mol. The molecule has 0 saturated carbocycles. The van der Waals surface area contributed by atoms with Crippen LogP contribution in [-0.2, 0) is 18.3 Å². The number of anilines is 2. The van der Waals surface area contributed by atoms with E-state index in [9.17, 15) is 0 Å². The Balaban J connectivity index is 1.35. The van der Waals surface area contributed by atoms with E-state index in [1.54, 1.807) is 0 Å². The van der Waals surface area contributed by atoms with Crippen LogP contribution in [0.1, 0.15) is 71.2 Å². The Morgan fingerprint density at radius 1 is 0.510 bits per heavy atom. The lowest BCUT2D eigenvalue weighted by Crippen LogP contribution is -2.28. The van der Waals surface area contributed by atoms with Crippen molar-refractivity contribution in [3.63, 3.8) is 0 Å². The Kier molecular flexibility index (Phi) is 8.64. The minimum atomic E-state index is -0.545. The fourth-order valence-corrected chi connectivity index (χ4v) is 7.63. The molecule has 0 unspecified atom stereocenters. The molecule has 6 aromatic carbocycles. The third-order valence-electron chi connectivity index (χ3n) is 9.68. The van der Waals surface area contributed by atoms with Gasteiger partial charge in [-0.15, -0.1) is 0 Å². The van der Waals surface area contributed by atoms with E-state index in [0.29, 0.717) is 11.4 Å². The Bertz CT molecular complexity index is 2010. The van der Waals surface area contributed by atoms with E-state index < -0.39 is 5.41 Å². The zero-order chi connectivity index (χ0) is 34.1. The van der Waals surface area contributed by atoms with Gasteiger partial charge in [-0.1, -0.05) is 99.5 Å². The smallest absolute Gasteiger partial charge is 0.130 e. The van der Waals surface area contributed by atoms with E-state index in [-0.39, 0.29) is 0 Å². The molecule has 0 bridgehead atoms. The average Bonchev–Trinajstić information content (AvgIpc) is 3.38. The van der Waals surface area contributed by atoms with Crippen LogP contribution in [0.15, 0.2) is 121 Å². The van der Waals surface area contributed by atoms with Gasteiger partial charge in [0.15, 0.2) is 0 Å². The normalized spacial score (nSPS) is 12.7. The van der Waals surface area contributed by atoms with Crippen LogP contribution < -0.4 is 20.9 Å². The number of rotatable bonds is 10. The van der Waals surface area contributed by atoms with Crippen LogP contribution in [0.2, 0.25) is 0 Å². The summed E-state index contributed by atoms with van der Waals surface area (Å²) < 4.78 is 13.0. The maximum absolute atomic E-state index is 6.49. The van der Waals surface area contributed by atoms with Crippen molar-refractivity contribution in [2.75, 3.05) is 11.5 Å². The maximum Gasteiger partial charge on any atom is 0.130 e. The lowest BCUT2D eigenvalue weighted by molar-refractivity contribution is 0.477. The van der Waals surface area contributed by atoms with Crippen molar-refractivity contribution in [3.8, 4) is 34.1 Å². The van der Waals surface area contributed by atoms with Gasteiger partial charge in [-0.3, -0.25) is 0 Å². The summed E-state index contributed by atoms with van der Waals surface area (Å²) in [6.07, 6.45) is 4.02. The highest BCUT2D eigenvalue weighted by atomic mass is 16.5. The fraction of sp³-hybridized carbons (Fsp3) is 0.200. The molecule has 0 fully saturated rings. The van der Waals surface area contributed by atoms with Gasteiger partial charge in [0, 0.05) is 23.5 Å². The minimum Gasteiger partial charge on any atom is -0.457 e. The van der Waals surface area contributed by atoms with Gasteiger partial charge in [0.25, 0.3) is 0 Å². The van der Waals surface area contributed by atoms with Crippen LogP contribution in [0.3, 0.4) is 0 Å². The molecule has 246 valence electrons. The highest BCUT2D eigenvalue weighted by Gasteiger charge is 2.46. The molecule has 0 aliphatic heterocycles. The summed E-state index contributed by atoms with van der Waals surface area (Å²) >= 11 is 0. The summed E-state index contributed by atoms with van der Waals surface area (Å²) in [5.74, 6) is 3.16. The number of hydrogen-bond donors (Lipinski definition) is 2. The molecule has 4 nitrogen and oxygen atoms in total. The molecule has 0 radical (unpaired) electrons. The molecule has 0 aromatic heterocycles. The number of aryl methyl sites for hydroxylation is 4. The first kappa shape index (κ1) is 32.1. The lowest BCUT2D eigenvalue weighted by atomic mass is 9.67. The zero-order valence-corrected chi connectivity index (χ0v) is 28.8. The van der Waals surface area contributed by atoms with Crippen LogP contribution in [0, 0.1) is 13.8 Å². The number of ether oxygens (including phenoxy) is 2. The molecular weight excluding hydrogens is 601 g/mol. The molecule has 0 heterocycles. The molecule has 4 heteroatoms. The van der Waals surface area contributed by atoms with Gasteiger partial charge in [0.05, 0.1) is 5.41 Å². The van der Waals surface area contributed by atoms with Gasteiger partial charge in [-0.25, -0.2) is 0 Å². The second-order valence-electron chi connectivity index (χ2n) is 13.3. The van der Waals surface area contributed by atoms with E-state index >= 15 is 0 Å². The quantitative estimate of drug-likeness (QED) is 0.145. The van der Waals surface area contributed by atoms with Crippen LogP contribution in [0.4, 0.5) is 11.4 Å². The summed E-state index contributed by atoms with van der Waals surface area (Å²) in [7, 11) is 0. The number of benzene rings is 6. The Morgan fingerprint density at radius 2 is 0.939 bits per heavy atom. The molecular formula is C45H44N2O2. The second kappa shape index (κ2) is 13.2. The van der Waals surface area contributed by atoms with E-state index in [0.717, 1.165) is 59.8 Å². The van der Waals surface area contributed by atoms with Crippen molar-refractivity contribution >= 4 is 11.4 Å². The van der Waals surface area contributed by atoms with Crippen LogP contribution in [0.25, 0.3) is 11.1 Å². The first-order valence-electron chi connectivity index (χ1n) is 17.4. The monoisotopic (exact) mass is 644 g/mol. The van der Waals surface area contributed by atoms with Gasteiger partial charge >= 0.3 is 0 Å². The second-order valence-corrected chi connectivity index (χ2v) is 13.3. The van der Waals surface area contributed by atoms with Crippen molar-refractivity contribution < 1.29 is 9.47 Å². The van der Waals surface area contributed by atoms with Gasteiger partial charge in [-0.05, 0) is 119 Å². The summed E-state index contributed by atoms with van der Waals surface area (Å²) in [5.41, 5.74) is 25.3. The molecule has 0 atom stereocenters. The van der Waals surface area contributed by atoms with Crippen molar-refractivity contribution in [3.05, 3.63) is 166 Å². The van der Waals surface area contributed by atoms with E-state index in [2.05, 4.69) is 125 Å². The third kappa shape index (κ3) is 5.93. The minimum absolute atomic E-state index is 0.545. The van der Waals surface area contributed by atoms with E-state index in [1.165, 1.54) is 44.5 Å². The average molecular weight is 645 g/mol. The van der Waals surface area contributed by atoms with E-state index in [1.807, 2.05) is 24.3 Å². The van der Waals surface area contributed by atoms with Gasteiger partial charge in [0.1, 0.15) is 23.0 Å². The van der Waals surface area contributed by atoms with Crippen LogP contribution >= 0.6 is 0 Å². The number of fused-ring (bicyclic) bond motifs is 3. The van der Waals surface area contributed by atoms with Gasteiger partial charge < -0.3 is 20.9 Å². The first-order chi connectivity index (χ1) is 23.8.